The van der Waals surface area contributed by atoms with Gasteiger partial charge in [-0.1, -0.05) is 66.7 Å². The third-order valence-corrected chi connectivity index (χ3v) is 9.92. The Morgan fingerprint density at radius 2 is 1.94 bits per heavy atom. The number of thioether (sulfide) groups is 1. The van der Waals surface area contributed by atoms with Crippen LogP contribution >= 0.6 is 35.0 Å². The third-order valence-electron chi connectivity index (χ3n) is 6.09. The molecule has 5 rings (SSSR count). The number of carbonyl (C=O) groups is 1. The molecule has 2 N–H and O–H groups in total. The van der Waals surface area contributed by atoms with Crippen LogP contribution in [0.2, 0.25) is 29.7 Å². The molecule has 1 atom stereocenters. The summed E-state index contributed by atoms with van der Waals surface area (Å²) in [6.07, 6.45) is 2.57. The number of aromatic nitrogens is 2. The van der Waals surface area contributed by atoms with Gasteiger partial charge in [-0.25, -0.2) is 9.97 Å². The number of hydrogen-bond donors (Lipinski definition) is 2. The molecule has 0 spiro atoms. The van der Waals surface area contributed by atoms with Gasteiger partial charge in [0, 0.05) is 17.5 Å². The average molecular weight is 531 g/mol. The minimum absolute atomic E-state index is 0.214. The third kappa shape index (κ3) is 4.45. The Bertz CT molecular complexity index is 1260. The van der Waals surface area contributed by atoms with E-state index in [1.165, 1.54) is 22.9 Å². The monoisotopic (exact) mass is 529 g/mol. The topological polar surface area (TPSA) is 70.2 Å². The Hall–Kier alpha value is -2.10. The number of para-hydroxylation sites is 1. The fourth-order valence-electron chi connectivity index (χ4n) is 4.47. The fourth-order valence-corrected chi connectivity index (χ4v) is 7.99. The number of halogens is 2. The second-order valence-corrected chi connectivity index (χ2v) is 16.6. The maximum absolute atomic E-state index is 13.2. The van der Waals surface area contributed by atoms with Crippen LogP contribution in [0.1, 0.15) is 27.2 Å². The van der Waals surface area contributed by atoms with E-state index in [-0.39, 0.29) is 5.91 Å². The highest BCUT2D eigenvalue weighted by atomic mass is 35.5. The molecule has 1 unspecified atom stereocenters. The van der Waals surface area contributed by atoms with Crippen LogP contribution < -0.4 is 15.5 Å². The van der Waals surface area contributed by atoms with Gasteiger partial charge in [0.2, 0.25) is 5.95 Å². The van der Waals surface area contributed by atoms with E-state index < -0.39 is 8.07 Å². The molecule has 2 aliphatic rings. The van der Waals surface area contributed by atoms with Crippen LogP contribution in [-0.4, -0.2) is 36.4 Å². The van der Waals surface area contributed by atoms with Crippen LogP contribution in [0.5, 0.6) is 0 Å². The highest BCUT2D eigenvalue weighted by molar-refractivity contribution is 7.99. The molecule has 0 bridgehead atoms. The lowest BCUT2D eigenvalue weighted by Gasteiger charge is -2.35. The Labute approximate surface area is 214 Å². The van der Waals surface area contributed by atoms with Gasteiger partial charge in [-0.15, -0.1) is 0 Å². The molecule has 0 fully saturated rings. The zero-order valence-electron chi connectivity index (χ0n) is 19.2. The molecule has 176 valence electrons. The number of hydrogen-bond acceptors (Lipinski definition) is 6. The summed E-state index contributed by atoms with van der Waals surface area (Å²) in [7, 11) is -1.37. The summed E-state index contributed by atoms with van der Waals surface area (Å²) in [6.45, 7) is 8.18. The van der Waals surface area contributed by atoms with Gasteiger partial charge in [-0.2, -0.15) is 0 Å². The predicted molar refractivity (Wildman–Crippen MR) is 144 cm³/mol. The first kappa shape index (κ1) is 23.6. The molecule has 2 aliphatic heterocycles. The highest BCUT2D eigenvalue weighted by Gasteiger charge is 2.32. The molecule has 0 saturated heterocycles. The van der Waals surface area contributed by atoms with Crippen molar-refractivity contribution >= 4 is 66.3 Å². The second-order valence-electron chi connectivity index (χ2n) is 9.53. The lowest BCUT2D eigenvalue weighted by atomic mass is 10.00. The number of carbonyl (C=O) groups excluding carboxylic acids is 1. The number of fused-ring (bicyclic) bond motifs is 2. The SMILES string of the molecule is C[Si](C)(C)C1NCCc2cc(Nc3ncc4c(n3)SCN(c3c(Cl)cccc3Cl)C4=O)ccc21. The smallest absolute Gasteiger partial charge is 0.263 e. The zero-order valence-corrected chi connectivity index (χ0v) is 22.5. The molecule has 10 heteroatoms. The van der Waals surface area contributed by atoms with E-state index in [4.69, 9.17) is 23.2 Å². The van der Waals surface area contributed by atoms with Crippen LogP contribution in [0, 0.1) is 0 Å². The average Bonchev–Trinajstić information content (AvgIpc) is 2.79. The van der Waals surface area contributed by atoms with Crippen molar-refractivity contribution < 1.29 is 4.79 Å². The number of nitrogens with one attached hydrogen (secondary N) is 2. The van der Waals surface area contributed by atoms with Crippen LogP contribution in [0.4, 0.5) is 17.3 Å². The number of nitrogens with zero attached hydrogens (tertiary/aromatic N) is 3. The van der Waals surface area contributed by atoms with Gasteiger partial charge in [-0.05, 0) is 48.4 Å². The van der Waals surface area contributed by atoms with Gasteiger partial charge in [-0.3, -0.25) is 9.69 Å². The minimum Gasteiger partial charge on any atom is -0.324 e. The van der Waals surface area contributed by atoms with Crippen molar-refractivity contribution in [3.05, 3.63) is 69.3 Å². The maximum Gasteiger partial charge on any atom is 0.263 e. The molecule has 1 aromatic heterocycles. The van der Waals surface area contributed by atoms with E-state index in [1.807, 2.05) is 0 Å². The van der Waals surface area contributed by atoms with Gasteiger partial charge in [0.05, 0.1) is 35.2 Å². The predicted octanol–water partition coefficient (Wildman–Crippen LogP) is 6.30. The van der Waals surface area contributed by atoms with Crippen molar-refractivity contribution in [1.29, 1.82) is 0 Å². The van der Waals surface area contributed by atoms with Crippen molar-refractivity contribution in [3.63, 3.8) is 0 Å². The van der Waals surface area contributed by atoms with Crippen LogP contribution in [0.3, 0.4) is 0 Å². The summed E-state index contributed by atoms with van der Waals surface area (Å²) in [5.41, 5.74) is 5.13. The van der Waals surface area contributed by atoms with Crippen LogP contribution in [-0.2, 0) is 6.42 Å². The van der Waals surface area contributed by atoms with Crippen LogP contribution in [0.25, 0.3) is 0 Å². The van der Waals surface area contributed by atoms with Gasteiger partial charge < -0.3 is 10.6 Å². The standard InChI is InChI=1S/C24H25Cl2N5OSSi/c1-34(2,3)22-16-8-7-15(11-14(16)9-10-27-22)29-24-28-12-17-21(30-24)33-13-31(23(17)32)20-18(25)5-4-6-19(20)26/h4-8,11-12,22,27H,9-10,13H2,1-3H3,(H,28,29,30). The van der Waals surface area contributed by atoms with E-state index in [1.54, 1.807) is 29.3 Å². The molecule has 2 aromatic carbocycles. The molecule has 34 heavy (non-hydrogen) atoms. The fraction of sp³-hybridized carbons (Fsp3) is 0.292. The molecule has 3 heterocycles. The largest absolute Gasteiger partial charge is 0.324 e. The van der Waals surface area contributed by atoms with Gasteiger partial charge >= 0.3 is 0 Å². The van der Waals surface area contributed by atoms with Crippen LogP contribution in [0.15, 0.2) is 47.6 Å². The summed E-state index contributed by atoms with van der Waals surface area (Å²) in [5, 5.41) is 8.54. The van der Waals surface area contributed by atoms with E-state index in [2.05, 4.69) is 58.4 Å². The summed E-state index contributed by atoms with van der Waals surface area (Å²) in [4.78, 5) is 23.8. The second kappa shape index (κ2) is 9.16. The normalized spacial score (nSPS) is 17.9. The lowest BCUT2D eigenvalue weighted by Crippen LogP contribution is -2.44. The summed E-state index contributed by atoms with van der Waals surface area (Å²) >= 11 is 14.1. The van der Waals surface area contributed by atoms with Crippen molar-refractivity contribution in [2.45, 2.75) is 36.8 Å². The van der Waals surface area contributed by atoms with Crippen molar-refractivity contribution in [3.8, 4) is 0 Å². The molecular formula is C24H25Cl2N5OSSi. The first-order chi connectivity index (χ1) is 16.2. The summed E-state index contributed by atoms with van der Waals surface area (Å²) in [5.74, 6) is 0.628. The van der Waals surface area contributed by atoms with Crippen molar-refractivity contribution in [2.75, 3.05) is 22.6 Å². The first-order valence-electron chi connectivity index (χ1n) is 11.1. The van der Waals surface area contributed by atoms with Crippen molar-refractivity contribution in [2.24, 2.45) is 0 Å². The summed E-state index contributed by atoms with van der Waals surface area (Å²) in [6, 6.07) is 11.7. The van der Waals surface area contributed by atoms with E-state index in [9.17, 15) is 4.79 Å². The highest BCUT2D eigenvalue weighted by Crippen LogP contribution is 2.39. The maximum atomic E-state index is 13.2. The molecule has 0 saturated carbocycles. The quantitative estimate of drug-likeness (QED) is 0.305. The first-order valence-corrected chi connectivity index (χ1v) is 16.4. The summed E-state index contributed by atoms with van der Waals surface area (Å²) < 4.78 is 0. The van der Waals surface area contributed by atoms with E-state index in [0.717, 1.165) is 18.7 Å². The van der Waals surface area contributed by atoms with Gasteiger partial charge in [0.1, 0.15) is 5.03 Å². The molecular weight excluding hydrogens is 505 g/mol. The Morgan fingerprint density at radius 3 is 2.68 bits per heavy atom. The molecule has 0 radical (unpaired) electrons. The Morgan fingerprint density at radius 1 is 1.18 bits per heavy atom. The van der Waals surface area contributed by atoms with E-state index >= 15 is 0 Å². The number of rotatable bonds is 4. The number of amides is 1. The lowest BCUT2D eigenvalue weighted by molar-refractivity contribution is 0.0985. The molecule has 1 amide bonds. The van der Waals surface area contributed by atoms with Gasteiger partial charge in [0.15, 0.2) is 0 Å². The number of anilines is 3. The Balaban J connectivity index is 1.38. The number of benzene rings is 2. The molecule has 3 aromatic rings. The molecule has 0 aliphatic carbocycles. The van der Waals surface area contributed by atoms with Gasteiger partial charge in [0.25, 0.3) is 5.91 Å². The van der Waals surface area contributed by atoms with E-state index in [0.29, 0.717) is 43.8 Å². The zero-order chi connectivity index (χ0) is 24.0. The molecule has 6 nitrogen and oxygen atoms in total. The van der Waals surface area contributed by atoms with Crippen molar-refractivity contribution in [1.82, 2.24) is 15.3 Å². The Kier molecular flexibility index (Phi) is 6.37. The minimum atomic E-state index is -1.37.